The van der Waals surface area contributed by atoms with Crippen LogP contribution in [-0.4, -0.2) is 7.05 Å². The van der Waals surface area contributed by atoms with Gasteiger partial charge in [0.2, 0.25) is 0 Å². The van der Waals surface area contributed by atoms with E-state index in [1.165, 1.54) is 0 Å². The highest BCUT2D eigenvalue weighted by Crippen LogP contribution is 2.27. The molecule has 1 rings (SSSR count). The first kappa shape index (κ1) is 12.7. The fraction of sp³-hybridized carbons (Fsp3) is 0.500. The molecule has 0 aliphatic carbocycles. The molecule has 0 radical (unpaired) electrons. The van der Waals surface area contributed by atoms with Crippen molar-refractivity contribution in [3.05, 3.63) is 34.1 Å². The Bertz CT molecular complexity index is 325. The van der Waals surface area contributed by atoms with Gasteiger partial charge in [-0.15, -0.1) is 0 Å². The molecule has 0 bridgehead atoms. The highest BCUT2D eigenvalue weighted by atomic mass is 79.9. The van der Waals surface area contributed by atoms with Crippen LogP contribution in [-0.2, 0) is 0 Å². The van der Waals surface area contributed by atoms with Crippen LogP contribution in [0.25, 0.3) is 0 Å². The molecule has 0 saturated carbocycles. The second kappa shape index (κ2) is 5.61. The summed E-state index contributed by atoms with van der Waals surface area (Å²) in [6, 6.07) is 5.51. The molecular formula is C12H17BrFN. The first-order chi connectivity index (χ1) is 7.06. The summed E-state index contributed by atoms with van der Waals surface area (Å²) in [6.45, 7) is 4.28. The molecule has 84 valence electrons. The molecule has 0 aromatic heterocycles. The lowest BCUT2D eigenvalue weighted by Gasteiger charge is -2.19. The van der Waals surface area contributed by atoms with Gasteiger partial charge in [0.1, 0.15) is 5.82 Å². The summed E-state index contributed by atoms with van der Waals surface area (Å²) in [5.41, 5.74) is 0.737. The molecule has 0 spiro atoms. The molecule has 1 aromatic carbocycles. The van der Waals surface area contributed by atoms with Gasteiger partial charge in [0.25, 0.3) is 0 Å². The van der Waals surface area contributed by atoms with E-state index in [1.54, 1.807) is 6.07 Å². The van der Waals surface area contributed by atoms with Gasteiger partial charge in [-0.1, -0.05) is 26.0 Å². The molecular weight excluding hydrogens is 257 g/mol. The van der Waals surface area contributed by atoms with Crippen LogP contribution in [0.1, 0.15) is 31.9 Å². The molecule has 1 nitrogen and oxygen atoms in total. The second-order valence-electron chi connectivity index (χ2n) is 4.11. The maximum Gasteiger partial charge on any atom is 0.142 e. The topological polar surface area (TPSA) is 12.0 Å². The molecule has 0 amide bonds. The number of hydrogen-bond acceptors (Lipinski definition) is 1. The van der Waals surface area contributed by atoms with Crippen LogP contribution in [0.2, 0.25) is 0 Å². The fourth-order valence-electron chi connectivity index (χ4n) is 1.66. The van der Waals surface area contributed by atoms with Crippen LogP contribution < -0.4 is 5.32 Å². The smallest absolute Gasteiger partial charge is 0.142 e. The summed E-state index contributed by atoms with van der Waals surface area (Å²) in [7, 11) is 1.87. The largest absolute Gasteiger partial charge is 0.313 e. The van der Waals surface area contributed by atoms with Crippen molar-refractivity contribution in [2.24, 2.45) is 5.92 Å². The summed E-state index contributed by atoms with van der Waals surface area (Å²) in [4.78, 5) is 0. The van der Waals surface area contributed by atoms with E-state index in [9.17, 15) is 4.39 Å². The molecule has 0 aliphatic rings. The molecule has 1 atom stereocenters. The zero-order valence-electron chi connectivity index (χ0n) is 9.35. The molecule has 15 heavy (non-hydrogen) atoms. The third-order valence-electron chi connectivity index (χ3n) is 2.41. The van der Waals surface area contributed by atoms with Crippen LogP contribution in [0.5, 0.6) is 0 Å². The zero-order chi connectivity index (χ0) is 11.4. The third-order valence-corrected chi connectivity index (χ3v) is 3.02. The first-order valence-electron chi connectivity index (χ1n) is 5.17. The molecule has 0 fully saturated rings. The predicted octanol–water partition coefficient (Wildman–Crippen LogP) is 3.89. The van der Waals surface area contributed by atoms with Gasteiger partial charge in [-0.2, -0.15) is 0 Å². The van der Waals surface area contributed by atoms with E-state index in [1.807, 2.05) is 19.2 Å². The fourth-order valence-corrected chi connectivity index (χ4v) is 2.04. The van der Waals surface area contributed by atoms with E-state index in [2.05, 4.69) is 35.1 Å². The van der Waals surface area contributed by atoms with Crippen LogP contribution in [0.4, 0.5) is 4.39 Å². The first-order valence-corrected chi connectivity index (χ1v) is 5.96. The Morgan fingerprint density at radius 3 is 2.60 bits per heavy atom. The number of rotatable bonds is 4. The van der Waals surface area contributed by atoms with Gasteiger partial charge in [-0.05, 0) is 41.4 Å². The number of hydrogen-bond donors (Lipinski definition) is 1. The minimum Gasteiger partial charge on any atom is -0.313 e. The van der Waals surface area contributed by atoms with Crippen LogP contribution in [0.3, 0.4) is 0 Å². The van der Waals surface area contributed by atoms with Gasteiger partial charge in [-0.25, -0.2) is 4.39 Å². The average Bonchev–Trinajstić information content (AvgIpc) is 2.19. The number of nitrogens with one attached hydrogen (secondary N) is 1. The Kier molecular flexibility index (Phi) is 4.74. The molecule has 0 aliphatic heterocycles. The quantitative estimate of drug-likeness (QED) is 0.878. The predicted molar refractivity (Wildman–Crippen MR) is 65.4 cm³/mol. The standard InChI is InChI=1S/C12H17BrFN/c1-8(2)7-11(15-3)9-5-4-6-10(13)12(9)14/h4-6,8,11,15H,7H2,1-3H3. The molecule has 0 saturated heterocycles. The maximum atomic E-state index is 13.8. The van der Waals surface area contributed by atoms with Gasteiger partial charge in [-0.3, -0.25) is 0 Å². The Labute approximate surface area is 99.2 Å². The van der Waals surface area contributed by atoms with E-state index in [0.29, 0.717) is 10.4 Å². The Morgan fingerprint density at radius 2 is 2.07 bits per heavy atom. The second-order valence-corrected chi connectivity index (χ2v) is 4.97. The van der Waals surface area contributed by atoms with E-state index in [4.69, 9.17) is 0 Å². The summed E-state index contributed by atoms with van der Waals surface area (Å²) >= 11 is 3.21. The molecule has 1 N–H and O–H groups in total. The Morgan fingerprint density at radius 1 is 1.40 bits per heavy atom. The van der Waals surface area contributed by atoms with Crippen LogP contribution >= 0.6 is 15.9 Å². The lowest BCUT2D eigenvalue weighted by molar-refractivity contribution is 0.439. The lowest BCUT2D eigenvalue weighted by atomic mass is 9.97. The molecule has 1 unspecified atom stereocenters. The van der Waals surface area contributed by atoms with Gasteiger partial charge in [0, 0.05) is 11.6 Å². The van der Waals surface area contributed by atoms with E-state index < -0.39 is 0 Å². The van der Waals surface area contributed by atoms with Gasteiger partial charge < -0.3 is 5.32 Å². The SMILES string of the molecule is CNC(CC(C)C)c1cccc(Br)c1F. The van der Waals surface area contributed by atoms with Gasteiger partial charge >= 0.3 is 0 Å². The zero-order valence-corrected chi connectivity index (χ0v) is 10.9. The van der Waals surface area contributed by atoms with E-state index >= 15 is 0 Å². The maximum absolute atomic E-state index is 13.8. The Balaban J connectivity index is 2.96. The minimum atomic E-state index is -0.155. The minimum absolute atomic E-state index is 0.0856. The Hall–Kier alpha value is -0.410. The van der Waals surface area contributed by atoms with Crippen LogP contribution in [0.15, 0.2) is 22.7 Å². The van der Waals surface area contributed by atoms with Crippen molar-refractivity contribution < 1.29 is 4.39 Å². The van der Waals surface area contributed by atoms with E-state index in [-0.39, 0.29) is 11.9 Å². The summed E-state index contributed by atoms with van der Waals surface area (Å²) < 4.78 is 14.3. The van der Waals surface area contributed by atoms with Crippen molar-refractivity contribution in [2.75, 3.05) is 7.05 Å². The molecule has 3 heteroatoms. The average molecular weight is 274 g/mol. The molecule has 1 aromatic rings. The number of halogens is 2. The van der Waals surface area contributed by atoms with Crippen molar-refractivity contribution in [2.45, 2.75) is 26.3 Å². The van der Waals surface area contributed by atoms with Crippen molar-refractivity contribution in [3.63, 3.8) is 0 Å². The van der Waals surface area contributed by atoms with Crippen molar-refractivity contribution in [1.82, 2.24) is 5.32 Å². The normalized spacial score (nSPS) is 13.2. The number of benzene rings is 1. The summed E-state index contributed by atoms with van der Waals surface area (Å²) in [6.07, 6.45) is 0.934. The monoisotopic (exact) mass is 273 g/mol. The van der Waals surface area contributed by atoms with Crippen molar-refractivity contribution in [1.29, 1.82) is 0 Å². The van der Waals surface area contributed by atoms with E-state index in [0.717, 1.165) is 12.0 Å². The van der Waals surface area contributed by atoms with Crippen molar-refractivity contribution >= 4 is 15.9 Å². The van der Waals surface area contributed by atoms with Crippen molar-refractivity contribution in [3.8, 4) is 0 Å². The summed E-state index contributed by atoms with van der Waals surface area (Å²) in [5, 5.41) is 3.16. The van der Waals surface area contributed by atoms with Gasteiger partial charge in [0.05, 0.1) is 4.47 Å². The van der Waals surface area contributed by atoms with Gasteiger partial charge in [0.15, 0.2) is 0 Å². The molecule has 0 heterocycles. The summed E-state index contributed by atoms with van der Waals surface area (Å²) in [5.74, 6) is 0.387. The van der Waals surface area contributed by atoms with Crippen LogP contribution in [0, 0.1) is 11.7 Å². The lowest BCUT2D eigenvalue weighted by Crippen LogP contribution is -2.19. The highest BCUT2D eigenvalue weighted by molar-refractivity contribution is 9.10. The third kappa shape index (κ3) is 3.28. The highest BCUT2D eigenvalue weighted by Gasteiger charge is 2.16.